The van der Waals surface area contributed by atoms with Crippen molar-refractivity contribution in [2.75, 3.05) is 19.7 Å². The molecule has 0 aliphatic heterocycles. The topological polar surface area (TPSA) is 45.0 Å². The van der Waals surface area contributed by atoms with E-state index in [4.69, 9.17) is 10.00 Å². The smallest absolute Gasteiger partial charge is 0.0717 e. The molecule has 1 aromatic carbocycles. The van der Waals surface area contributed by atoms with Gasteiger partial charge in [0.25, 0.3) is 0 Å². The minimum Gasteiger partial charge on any atom is -0.375 e. The van der Waals surface area contributed by atoms with Crippen LogP contribution in [-0.4, -0.2) is 19.7 Å². The van der Waals surface area contributed by atoms with E-state index in [0.29, 0.717) is 19.6 Å². The molecule has 3 nitrogen and oxygen atoms in total. The minimum absolute atomic E-state index is 0.554. The molecular formula is C12H16N2O. The molecule has 0 saturated heterocycles. The highest BCUT2D eigenvalue weighted by molar-refractivity contribution is 5.13. The maximum atomic E-state index is 8.30. The zero-order chi connectivity index (χ0) is 10.8. The van der Waals surface area contributed by atoms with Crippen molar-refractivity contribution in [2.45, 2.75) is 13.0 Å². The molecule has 0 saturated carbocycles. The van der Waals surface area contributed by atoms with Crippen LogP contribution in [0.4, 0.5) is 0 Å². The van der Waals surface area contributed by atoms with Gasteiger partial charge in [0.15, 0.2) is 0 Å². The van der Waals surface area contributed by atoms with E-state index in [1.54, 1.807) is 0 Å². The summed E-state index contributed by atoms with van der Waals surface area (Å²) in [6, 6.07) is 12.2. The van der Waals surface area contributed by atoms with E-state index in [0.717, 1.165) is 13.1 Å². The van der Waals surface area contributed by atoms with Gasteiger partial charge in [-0.2, -0.15) is 5.26 Å². The number of nitrogens with zero attached hydrogens (tertiary/aromatic N) is 1. The van der Waals surface area contributed by atoms with Crippen LogP contribution in [-0.2, 0) is 11.3 Å². The molecule has 3 heteroatoms. The lowest BCUT2D eigenvalue weighted by molar-refractivity contribution is 0.123. The van der Waals surface area contributed by atoms with Gasteiger partial charge in [-0.05, 0) is 5.56 Å². The zero-order valence-corrected chi connectivity index (χ0v) is 8.78. The van der Waals surface area contributed by atoms with E-state index >= 15 is 0 Å². The second kappa shape index (κ2) is 7.98. The molecule has 0 spiro atoms. The Morgan fingerprint density at radius 1 is 1.20 bits per heavy atom. The summed E-state index contributed by atoms with van der Waals surface area (Å²) in [7, 11) is 0. The first-order valence-corrected chi connectivity index (χ1v) is 5.13. The molecule has 15 heavy (non-hydrogen) atoms. The molecule has 0 unspecified atom stereocenters. The van der Waals surface area contributed by atoms with Crippen LogP contribution in [0.5, 0.6) is 0 Å². The molecule has 0 aromatic heterocycles. The van der Waals surface area contributed by atoms with Crippen molar-refractivity contribution >= 4 is 0 Å². The van der Waals surface area contributed by atoms with Gasteiger partial charge in [0.05, 0.1) is 19.3 Å². The molecule has 1 rings (SSSR count). The van der Waals surface area contributed by atoms with Crippen molar-refractivity contribution in [3.05, 3.63) is 35.9 Å². The van der Waals surface area contributed by atoms with Crippen molar-refractivity contribution < 1.29 is 4.74 Å². The summed E-state index contributed by atoms with van der Waals surface area (Å²) in [5.74, 6) is 0. The fourth-order valence-corrected chi connectivity index (χ4v) is 1.18. The Kier molecular flexibility index (Phi) is 6.23. The summed E-state index contributed by atoms with van der Waals surface area (Å²) >= 11 is 0. The lowest BCUT2D eigenvalue weighted by atomic mass is 10.2. The Bertz CT molecular complexity index is 292. The van der Waals surface area contributed by atoms with Crippen molar-refractivity contribution in [2.24, 2.45) is 0 Å². The average molecular weight is 204 g/mol. The first-order chi connectivity index (χ1) is 7.43. The predicted octanol–water partition coefficient (Wildman–Crippen LogP) is 1.71. The molecule has 0 atom stereocenters. The van der Waals surface area contributed by atoms with Gasteiger partial charge in [0, 0.05) is 19.5 Å². The van der Waals surface area contributed by atoms with Crippen molar-refractivity contribution in [3.63, 3.8) is 0 Å². The van der Waals surface area contributed by atoms with E-state index in [2.05, 4.69) is 11.4 Å². The van der Waals surface area contributed by atoms with E-state index < -0.39 is 0 Å². The summed E-state index contributed by atoms with van der Waals surface area (Å²) in [5.41, 5.74) is 1.19. The van der Waals surface area contributed by atoms with Gasteiger partial charge in [0.2, 0.25) is 0 Å². The third-order valence-electron chi connectivity index (χ3n) is 1.95. The van der Waals surface area contributed by atoms with E-state index in [-0.39, 0.29) is 0 Å². The van der Waals surface area contributed by atoms with E-state index in [9.17, 15) is 0 Å². The van der Waals surface area contributed by atoms with Crippen molar-refractivity contribution in [1.82, 2.24) is 5.32 Å². The molecule has 0 bridgehead atoms. The van der Waals surface area contributed by atoms with Crippen LogP contribution in [0.1, 0.15) is 12.0 Å². The van der Waals surface area contributed by atoms with Crippen molar-refractivity contribution in [1.29, 1.82) is 5.26 Å². The van der Waals surface area contributed by atoms with Gasteiger partial charge < -0.3 is 10.1 Å². The molecule has 0 heterocycles. The normalized spacial score (nSPS) is 9.80. The fraction of sp³-hybridized carbons (Fsp3) is 0.417. The quantitative estimate of drug-likeness (QED) is 0.688. The van der Waals surface area contributed by atoms with Gasteiger partial charge >= 0.3 is 0 Å². The third-order valence-corrected chi connectivity index (χ3v) is 1.95. The fourth-order valence-electron chi connectivity index (χ4n) is 1.18. The highest BCUT2D eigenvalue weighted by Crippen LogP contribution is 1.99. The largest absolute Gasteiger partial charge is 0.375 e. The van der Waals surface area contributed by atoms with Gasteiger partial charge in [-0.1, -0.05) is 30.3 Å². The molecule has 1 N–H and O–H groups in total. The summed E-state index contributed by atoms with van der Waals surface area (Å²) in [4.78, 5) is 0. The third kappa shape index (κ3) is 5.84. The molecule has 0 amide bonds. The van der Waals surface area contributed by atoms with Gasteiger partial charge in [0.1, 0.15) is 0 Å². The van der Waals surface area contributed by atoms with E-state index in [1.807, 2.05) is 30.3 Å². The van der Waals surface area contributed by atoms with Gasteiger partial charge in [-0.25, -0.2) is 0 Å². The van der Waals surface area contributed by atoms with Crippen LogP contribution in [0.2, 0.25) is 0 Å². The highest BCUT2D eigenvalue weighted by Gasteiger charge is 1.91. The van der Waals surface area contributed by atoms with Crippen LogP contribution in [0.15, 0.2) is 30.3 Å². The summed E-state index contributed by atoms with van der Waals surface area (Å²) in [5, 5.41) is 11.4. The molecule has 80 valence electrons. The van der Waals surface area contributed by atoms with Crippen molar-refractivity contribution in [3.8, 4) is 6.07 Å². The van der Waals surface area contributed by atoms with Crippen LogP contribution in [0.25, 0.3) is 0 Å². The monoisotopic (exact) mass is 204 g/mol. The lowest BCUT2D eigenvalue weighted by Gasteiger charge is -2.04. The summed E-state index contributed by atoms with van der Waals surface area (Å²) < 4.78 is 5.45. The zero-order valence-electron chi connectivity index (χ0n) is 8.78. The van der Waals surface area contributed by atoms with Crippen LogP contribution in [0, 0.1) is 11.3 Å². The number of hydrogen-bond acceptors (Lipinski definition) is 3. The van der Waals surface area contributed by atoms with Crippen LogP contribution >= 0.6 is 0 Å². The molecule has 0 aliphatic carbocycles. The Morgan fingerprint density at radius 2 is 2.00 bits per heavy atom. The first kappa shape index (κ1) is 11.7. The Labute approximate surface area is 90.7 Å². The number of ether oxygens (including phenoxy) is 1. The molecule has 0 radical (unpaired) electrons. The maximum Gasteiger partial charge on any atom is 0.0717 e. The van der Waals surface area contributed by atoms with Crippen LogP contribution < -0.4 is 5.32 Å². The van der Waals surface area contributed by atoms with Gasteiger partial charge in [-0.15, -0.1) is 0 Å². The molecule has 0 fully saturated rings. The summed E-state index contributed by atoms with van der Waals surface area (Å²) in [6.45, 7) is 2.88. The number of benzene rings is 1. The lowest BCUT2D eigenvalue weighted by Crippen LogP contribution is -2.20. The Balaban J connectivity index is 1.96. The first-order valence-electron chi connectivity index (χ1n) is 5.13. The van der Waals surface area contributed by atoms with Crippen LogP contribution in [0.3, 0.4) is 0 Å². The Morgan fingerprint density at radius 3 is 2.73 bits per heavy atom. The molecular weight excluding hydrogens is 188 g/mol. The Hall–Kier alpha value is -1.37. The molecule has 0 aliphatic rings. The number of nitrogens with one attached hydrogen (secondary N) is 1. The summed E-state index contributed by atoms with van der Waals surface area (Å²) in [6.07, 6.45) is 0.554. The number of hydrogen-bond donors (Lipinski definition) is 1. The molecule has 1 aromatic rings. The SMILES string of the molecule is N#CCCNCCOCc1ccccc1. The number of rotatable bonds is 7. The second-order valence-corrected chi connectivity index (χ2v) is 3.20. The average Bonchev–Trinajstić information content (AvgIpc) is 2.29. The predicted molar refractivity (Wildman–Crippen MR) is 59.2 cm³/mol. The second-order valence-electron chi connectivity index (χ2n) is 3.20. The highest BCUT2D eigenvalue weighted by atomic mass is 16.5. The van der Waals surface area contributed by atoms with Gasteiger partial charge in [-0.3, -0.25) is 0 Å². The standard InChI is InChI=1S/C12H16N2O/c13-7-4-8-14-9-10-15-11-12-5-2-1-3-6-12/h1-3,5-6,14H,4,8-11H2. The maximum absolute atomic E-state index is 8.30. The number of nitriles is 1. The minimum atomic E-state index is 0.554. The van der Waals surface area contributed by atoms with E-state index in [1.165, 1.54) is 5.56 Å².